The molecule has 1 saturated heterocycles. The first-order chi connectivity index (χ1) is 10.3. The minimum Gasteiger partial charge on any atom is -0.396 e. The standard InChI is InChI=1S/C17H22N4/c1-14(15-6-3-2-4-7-15)20-10-12-21(13-11-20)17-16(18)8-5-9-19-17/h2-9,14H,10-13,18H2,1H3. The molecule has 1 unspecified atom stereocenters. The van der Waals surface area contributed by atoms with E-state index >= 15 is 0 Å². The zero-order valence-electron chi connectivity index (χ0n) is 12.4. The zero-order chi connectivity index (χ0) is 14.7. The van der Waals surface area contributed by atoms with Gasteiger partial charge in [-0.25, -0.2) is 4.98 Å². The maximum atomic E-state index is 6.02. The monoisotopic (exact) mass is 282 g/mol. The van der Waals surface area contributed by atoms with E-state index in [9.17, 15) is 0 Å². The Labute approximate surface area is 126 Å². The van der Waals surface area contributed by atoms with Crippen LogP contribution in [-0.2, 0) is 0 Å². The summed E-state index contributed by atoms with van der Waals surface area (Å²) >= 11 is 0. The molecule has 2 aromatic rings. The number of hydrogen-bond acceptors (Lipinski definition) is 4. The number of piperazine rings is 1. The summed E-state index contributed by atoms with van der Waals surface area (Å²) in [6.45, 7) is 6.29. The molecule has 0 aliphatic carbocycles. The Balaban J connectivity index is 1.64. The number of aromatic nitrogens is 1. The van der Waals surface area contributed by atoms with E-state index in [0.29, 0.717) is 6.04 Å². The van der Waals surface area contributed by atoms with Crippen LogP contribution in [-0.4, -0.2) is 36.1 Å². The first kappa shape index (κ1) is 13.9. The minimum absolute atomic E-state index is 0.453. The van der Waals surface area contributed by atoms with Crippen molar-refractivity contribution < 1.29 is 0 Å². The maximum Gasteiger partial charge on any atom is 0.151 e. The molecule has 1 aliphatic rings. The molecule has 2 N–H and O–H groups in total. The van der Waals surface area contributed by atoms with Gasteiger partial charge in [-0.1, -0.05) is 30.3 Å². The van der Waals surface area contributed by atoms with E-state index < -0.39 is 0 Å². The Bertz CT molecular complexity index is 576. The van der Waals surface area contributed by atoms with Crippen molar-refractivity contribution in [1.29, 1.82) is 0 Å². The molecule has 4 heteroatoms. The van der Waals surface area contributed by atoms with Crippen LogP contribution in [0.1, 0.15) is 18.5 Å². The van der Waals surface area contributed by atoms with Gasteiger partial charge in [-0.2, -0.15) is 0 Å². The van der Waals surface area contributed by atoms with Crippen LogP contribution in [0.5, 0.6) is 0 Å². The lowest BCUT2D eigenvalue weighted by Gasteiger charge is -2.39. The van der Waals surface area contributed by atoms with Gasteiger partial charge in [0.15, 0.2) is 5.82 Å². The Hall–Kier alpha value is -2.07. The van der Waals surface area contributed by atoms with Crippen LogP contribution in [0.15, 0.2) is 48.7 Å². The average molecular weight is 282 g/mol. The van der Waals surface area contributed by atoms with Gasteiger partial charge in [0, 0.05) is 38.4 Å². The fourth-order valence-corrected chi connectivity index (χ4v) is 2.94. The molecule has 0 amide bonds. The van der Waals surface area contributed by atoms with E-state index in [0.717, 1.165) is 37.7 Å². The lowest BCUT2D eigenvalue weighted by molar-refractivity contribution is 0.198. The fourth-order valence-electron chi connectivity index (χ4n) is 2.94. The molecular formula is C17H22N4. The molecule has 1 fully saturated rings. The highest BCUT2D eigenvalue weighted by atomic mass is 15.3. The van der Waals surface area contributed by atoms with E-state index in [2.05, 4.69) is 52.0 Å². The topological polar surface area (TPSA) is 45.4 Å². The number of rotatable bonds is 3. The van der Waals surface area contributed by atoms with Gasteiger partial charge in [0.2, 0.25) is 0 Å². The van der Waals surface area contributed by atoms with Crippen molar-refractivity contribution in [3.05, 3.63) is 54.2 Å². The molecule has 1 aromatic carbocycles. The second-order valence-corrected chi connectivity index (χ2v) is 5.53. The molecule has 0 saturated carbocycles. The number of nitrogens with two attached hydrogens (primary N) is 1. The Morgan fingerprint density at radius 3 is 2.38 bits per heavy atom. The number of pyridine rings is 1. The highest BCUT2D eigenvalue weighted by Crippen LogP contribution is 2.25. The average Bonchev–Trinajstić information content (AvgIpc) is 2.56. The van der Waals surface area contributed by atoms with Gasteiger partial charge in [0.25, 0.3) is 0 Å². The Kier molecular flexibility index (Phi) is 4.06. The Morgan fingerprint density at radius 1 is 1.00 bits per heavy atom. The van der Waals surface area contributed by atoms with Crippen LogP contribution in [0, 0.1) is 0 Å². The summed E-state index contributed by atoms with van der Waals surface area (Å²) < 4.78 is 0. The van der Waals surface area contributed by atoms with Gasteiger partial charge in [-0.05, 0) is 24.6 Å². The van der Waals surface area contributed by atoms with Crippen LogP contribution >= 0.6 is 0 Å². The zero-order valence-corrected chi connectivity index (χ0v) is 12.4. The van der Waals surface area contributed by atoms with Gasteiger partial charge in [0.05, 0.1) is 5.69 Å². The number of nitrogen functional groups attached to an aromatic ring is 1. The summed E-state index contributed by atoms with van der Waals surface area (Å²) in [5.74, 6) is 0.921. The van der Waals surface area contributed by atoms with Crippen molar-refractivity contribution in [1.82, 2.24) is 9.88 Å². The SMILES string of the molecule is CC(c1ccccc1)N1CCN(c2ncccc2N)CC1. The lowest BCUT2D eigenvalue weighted by Crippen LogP contribution is -2.47. The Morgan fingerprint density at radius 2 is 1.71 bits per heavy atom. The molecular weight excluding hydrogens is 260 g/mol. The predicted octanol–water partition coefficient (Wildman–Crippen LogP) is 2.55. The summed E-state index contributed by atoms with van der Waals surface area (Å²) in [7, 11) is 0. The first-order valence-corrected chi connectivity index (χ1v) is 7.50. The molecule has 110 valence electrons. The number of benzene rings is 1. The normalized spacial score (nSPS) is 17.7. The largest absolute Gasteiger partial charge is 0.396 e. The third kappa shape index (κ3) is 3.00. The van der Waals surface area contributed by atoms with Gasteiger partial charge in [-0.3, -0.25) is 4.90 Å². The molecule has 0 radical (unpaired) electrons. The molecule has 21 heavy (non-hydrogen) atoms. The lowest BCUT2D eigenvalue weighted by atomic mass is 10.1. The van der Waals surface area contributed by atoms with E-state index in [1.165, 1.54) is 5.56 Å². The van der Waals surface area contributed by atoms with E-state index in [1.54, 1.807) is 0 Å². The van der Waals surface area contributed by atoms with Crippen LogP contribution in [0.2, 0.25) is 0 Å². The third-order valence-electron chi connectivity index (χ3n) is 4.26. The van der Waals surface area contributed by atoms with Crippen LogP contribution < -0.4 is 10.6 Å². The number of anilines is 2. The van der Waals surface area contributed by atoms with E-state index in [-0.39, 0.29) is 0 Å². The fraction of sp³-hybridized carbons (Fsp3) is 0.353. The van der Waals surface area contributed by atoms with Crippen molar-refractivity contribution in [2.45, 2.75) is 13.0 Å². The van der Waals surface area contributed by atoms with Crippen molar-refractivity contribution in [2.24, 2.45) is 0 Å². The van der Waals surface area contributed by atoms with Crippen molar-refractivity contribution in [3.8, 4) is 0 Å². The molecule has 4 nitrogen and oxygen atoms in total. The van der Waals surface area contributed by atoms with E-state index in [4.69, 9.17) is 5.73 Å². The van der Waals surface area contributed by atoms with Crippen molar-refractivity contribution in [3.63, 3.8) is 0 Å². The van der Waals surface area contributed by atoms with Crippen LogP contribution in [0.25, 0.3) is 0 Å². The highest BCUT2D eigenvalue weighted by Gasteiger charge is 2.23. The molecule has 2 heterocycles. The quantitative estimate of drug-likeness (QED) is 0.939. The van der Waals surface area contributed by atoms with Gasteiger partial charge < -0.3 is 10.6 Å². The number of hydrogen-bond donors (Lipinski definition) is 1. The predicted molar refractivity (Wildman–Crippen MR) is 87.3 cm³/mol. The smallest absolute Gasteiger partial charge is 0.151 e. The van der Waals surface area contributed by atoms with E-state index in [1.807, 2.05) is 18.3 Å². The molecule has 0 bridgehead atoms. The maximum absolute atomic E-state index is 6.02. The molecule has 1 atom stereocenters. The summed E-state index contributed by atoms with van der Waals surface area (Å²) in [5, 5.41) is 0. The molecule has 0 spiro atoms. The van der Waals surface area contributed by atoms with Crippen molar-refractivity contribution >= 4 is 11.5 Å². The molecule has 3 rings (SSSR count). The second-order valence-electron chi connectivity index (χ2n) is 5.53. The van der Waals surface area contributed by atoms with Crippen LogP contribution in [0.4, 0.5) is 11.5 Å². The second kappa shape index (κ2) is 6.14. The number of nitrogens with zero attached hydrogens (tertiary/aromatic N) is 3. The first-order valence-electron chi connectivity index (χ1n) is 7.50. The highest BCUT2D eigenvalue weighted by molar-refractivity contribution is 5.62. The molecule has 1 aliphatic heterocycles. The van der Waals surface area contributed by atoms with Crippen molar-refractivity contribution in [2.75, 3.05) is 36.8 Å². The molecule has 1 aromatic heterocycles. The van der Waals surface area contributed by atoms with Gasteiger partial charge in [0.1, 0.15) is 0 Å². The summed E-state index contributed by atoms with van der Waals surface area (Å²) in [5.41, 5.74) is 8.16. The third-order valence-corrected chi connectivity index (χ3v) is 4.26. The summed E-state index contributed by atoms with van der Waals surface area (Å²) in [4.78, 5) is 9.21. The summed E-state index contributed by atoms with van der Waals surface area (Å²) in [6.07, 6.45) is 1.81. The van der Waals surface area contributed by atoms with Gasteiger partial charge in [-0.15, -0.1) is 0 Å². The minimum atomic E-state index is 0.453. The summed E-state index contributed by atoms with van der Waals surface area (Å²) in [6, 6.07) is 14.9. The van der Waals surface area contributed by atoms with Gasteiger partial charge >= 0.3 is 0 Å². The van der Waals surface area contributed by atoms with Crippen LogP contribution in [0.3, 0.4) is 0 Å².